The van der Waals surface area contributed by atoms with Crippen LogP contribution in [0.2, 0.25) is 0 Å². The Morgan fingerprint density at radius 2 is 1.71 bits per heavy atom. The first-order valence-electron chi connectivity index (χ1n) is 5.71. The molecule has 0 aliphatic carbocycles. The first kappa shape index (κ1) is 16.0. The summed E-state index contributed by atoms with van der Waals surface area (Å²) in [7, 11) is 0. The van der Waals surface area contributed by atoms with Crippen molar-refractivity contribution < 1.29 is 18.0 Å². The van der Waals surface area contributed by atoms with E-state index >= 15 is 0 Å². The zero-order chi connectivity index (χ0) is 15.6. The molecule has 0 aliphatic rings. The molecule has 110 valence electrons. The van der Waals surface area contributed by atoms with E-state index in [-0.39, 0.29) is 15.7 Å². The van der Waals surface area contributed by atoms with E-state index in [1.807, 2.05) is 0 Å². The molecule has 0 aromatic heterocycles. The molecule has 21 heavy (non-hydrogen) atoms. The number of rotatable bonds is 2. The number of hydrogen-bond acceptors (Lipinski definition) is 1. The number of nitrogens with one attached hydrogen (secondary N) is 1. The van der Waals surface area contributed by atoms with Crippen LogP contribution in [0.1, 0.15) is 15.9 Å². The maximum atomic E-state index is 13.0. The molecule has 0 radical (unpaired) electrons. The molecule has 0 aliphatic heterocycles. The van der Waals surface area contributed by atoms with Crippen LogP contribution in [0.25, 0.3) is 0 Å². The molecule has 2 nitrogen and oxygen atoms in total. The average Bonchev–Trinajstić information content (AvgIpc) is 2.40. The SMILES string of the molecule is O=C(Nc1ccc(Br)cc1C(F)(F)F)c1ccccc1Br. The Morgan fingerprint density at radius 1 is 1.05 bits per heavy atom. The van der Waals surface area contributed by atoms with E-state index in [9.17, 15) is 18.0 Å². The van der Waals surface area contributed by atoms with Crippen molar-refractivity contribution in [1.82, 2.24) is 0 Å². The number of amides is 1. The highest BCUT2D eigenvalue weighted by Crippen LogP contribution is 2.36. The van der Waals surface area contributed by atoms with Crippen molar-refractivity contribution in [1.29, 1.82) is 0 Å². The van der Waals surface area contributed by atoms with Crippen molar-refractivity contribution in [3.8, 4) is 0 Å². The lowest BCUT2D eigenvalue weighted by molar-refractivity contribution is -0.136. The third-order valence-corrected chi connectivity index (χ3v) is 3.84. The number of benzene rings is 2. The Hall–Kier alpha value is -1.34. The van der Waals surface area contributed by atoms with Crippen LogP contribution >= 0.6 is 31.9 Å². The van der Waals surface area contributed by atoms with E-state index in [2.05, 4.69) is 37.2 Å². The lowest BCUT2D eigenvalue weighted by Gasteiger charge is -2.14. The highest BCUT2D eigenvalue weighted by molar-refractivity contribution is 9.10. The van der Waals surface area contributed by atoms with Gasteiger partial charge in [0.2, 0.25) is 0 Å². The van der Waals surface area contributed by atoms with Crippen LogP contribution in [0.4, 0.5) is 18.9 Å². The van der Waals surface area contributed by atoms with E-state index in [1.54, 1.807) is 18.2 Å². The Labute approximate surface area is 135 Å². The Balaban J connectivity index is 2.36. The summed E-state index contributed by atoms with van der Waals surface area (Å²) in [6.07, 6.45) is -4.56. The van der Waals surface area contributed by atoms with Crippen molar-refractivity contribution in [2.75, 3.05) is 5.32 Å². The minimum Gasteiger partial charge on any atom is -0.321 e. The molecule has 2 aromatic rings. The number of hydrogen-bond donors (Lipinski definition) is 1. The standard InChI is InChI=1S/C14H8Br2F3NO/c15-8-5-6-12(10(7-8)14(17,18)19)20-13(21)9-3-1-2-4-11(9)16/h1-7H,(H,20,21). The van der Waals surface area contributed by atoms with Crippen LogP contribution in [0.3, 0.4) is 0 Å². The smallest absolute Gasteiger partial charge is 0.321 e. The molecule has 0 heterocycles. The van der Waals surface area contributed by atoms with Gasteiger partial charge < -0.3 is 5.32 Å². The normalized spacial score (nSPS) is 11.3. The molecule has 0 spiro atoms. The topological polar surface area (TPSA) is 29.1 Å². The molecule has 7 heteroatoms. The second-order valence-electron chi connectivity index (χ2n) is 4.12. The fraction of sp³-hybridized carbons (Fsp3) is 0.0714. The Kier molecular flexibility index (Phi) is 4.73. The van der Waals surface area contributed by atoms with Crippen LogP contribution < -0.4 is 5.32 Å². The summed E-state index contributed by atoms with van der Waals surface area (Å²) in [4.78, 5) is 12.1. The molecule has 0 atom stereocenters. The van der Waals surface area contributed by atoms with Crippen LogP contribution in [0.5, 0.6) is 0 Å². The van der Waals surface area contributed by atoms with E-state index < -0.39 is 17.6 Å². The summed E-state index contributed by atoms with van der Waals surface area (Å²) in [6, 6.07) is 10.1. The second kappa shape index (κ2) is 6.19. The highest BCUT2D eigenvalue weighted by Gasteiger charge is 2.34. The summed E-state index contributed by atoms with van der Waals surface area (Å²) in [5.74, 6) is -0.615. The van der Waals surface area contributed by atoms with Crippen LogP contribution in [-0.2, 0) is 6.18 Å². The number of carbonyl (C=O) groups excluding carboxylic acids is 1. The van der Waals surface area contributed by atoms with E-state index in [1.165, 1.54) is 18.2 Å². The van der Waals surface area contributed by atoms with Gasteiger partial charge in [-0.25, -0.2) is 0 Å². The quantitative estimate of drug-likeness (QED) is 0.681. The number of alkyl halides is 3. The molecule has 1 N–H and O–H groups in total. The monoisotopic (exact) mass is 421 g/mol. The van der Waals surface area contributed by atoms with Gasteiger partial charge >= 0.3 is 6.18 Å². The molecule has 2 aromatic carbocycles. The van der Waals surface area contributed by atoms with Crippen molar-refractivity contribution in [3.63, 3.8) is 0 Å². The average molecular weight is 423 g/mol. The predicted molar refractivity (Wildman–Crippen MR) is 81.2 cm³/mol. The molecule has 1 amide bonds. The summed E-state index contributed by atoms with van der Waals surface area (Å²) in [6.45, 7) is 0. The maximum Gasteiger partial charge on any atom is 0.418 e. The van der Waals surface area contributed by atoms with Gasteiger partial charge in [0.25, 0.3) is 5.91 Å². The molecule has 0 bridgehead atoms. The van der Waals surface area contributed by atoms with Gasteiger partial charge in [-0.15, -0.1) is 0 Å². The molecule has 0 saturated carbocycles. The van der Waals surface area contributed by atoms with Gasteiger partial charge in [-0.3, -0.25) is 4.79 Å². The third kappa shape index (κ3) is 3.85. The minimum absolute atomic E-state index is 0.258. The first-order valence-corrected chi connectivity index (χ1v) is 7.30. The van der Waals surface area contributed by atoms with Gasteiger partial charge in [0, 0.05) is 8.95 Å². The highest BCUT2D eigenvalue weighted by atomic mass is 79.9. The summed E-state index contributed by atoms with van der Waals surface area (Å²) < 4.78 is 39.7. The molecule has 0 unspecified atom stereocenters. The third-order valence-electron chi connectivity index (χ3n) is 2.65. The Morgan fingerprint density at radius 3 is 2.33 bits per heavy atom. The van der Waals surface area contributed by atoms with Gasteiger partial charge in [0.15, 0.2) is 0 Å². The van der Waals surface area contributed by atoms with E-state index in [0.29, 0.717) is 4.47 Å². The molecule has 0 saturated heterocycles. The zero-order valence-electron chi connectivity index (χ0n) is 10.3. The van der Waals surface area contributed by atoms with Crippen molar-refractivity contribution in [3.05, 3.63) is 62.5 Å². The summed E-state index contributed by atoms with van der Waals surface area (Å²) >= 11 is 6.18. The van der Waals surface area contributed by atoms with Crippen molar-refractivity contribution >= 4 is 43.5 Å². The summed E-state index contributed by atoms with van der Waals surface area (Å²) in [5, 5.41) is 2.29. The van der Waals surface area contributed by atoms with Crippen molar-refractivity contribution in [2.24, 2.45) is 0 Å². The largest absolute Gasteiger partial charge is 0.418 e. The van der Waals surface area contributed by atoms with Crippen LogP contribution in [0, 0.1) is 0 Å². The molecular weight excluding hydrogens is 415 g/mol. The maximum absolute atomic E-state index is 13.0. The van der Waals surface area contributed by atoms with E-state index in [4.69, 9.17) is 0 Å². The fourth-order valence-electron chi connectivity index (χ4n) is 1.70. The van der Waals surface area contributed by atoms with Crippen LogP contribution in [0.15, 0.2) is 51.4 Å². The first-order chi connectivity index (χ1) is 9.79. The second-order valence-corrected chi connectivity index (χ2v) is 5.89. The van der Waals surface area contributed by atoms with Crippen molar-refractivity contribution in [2.45, 2.75) is 6.18 Å². The lowest BCUT2D eigenvalue weighted by Crippen LogP contribution is -2.17. The number of carbonyl (C=O) groups is 1. The molecular formula is C14H8Br2F3NO. The van der Waals surface area contributed by atoms with Gasteiger partial charge in [0.1, 0.15) is 0 Å². The summed E-state index contributed by atoms with van der Waals surface area (Å²) in [5.41, 5.74) is -0.933. The van der Waals surface area contributed by atoms with Gasteiger partial charge in [0.05, 0.1) is 16.8 Å². The van der Waals surface area contributed by atoms with Gasteiger partial charge in [-0.2, -0.15) is 13.2 Å². The number of halogens is 5. The van der Waals surface area contributed by atoms with Crippen LogP contribution in [-0.4, -0.2) is 5.91 Å². The van der Waals surface area contributed by atoms with E-state index in [0.717, 1.165) is 6.07 Å². The Bertz CT molecular complexity index is 686. The van der Waals surface area contributed by atoms with Gasteiger partial charge in [-0.05, 0) is 46.3 Å². The minimum atomic E-state index is -4.56. The fourth-order valence-corrected chi connectivity index (χ4v) is 2.52. The van der Waals surface area contributed by atoms with Gasteiger partial charge in [-0.1, -0.05) is 28.1 Å². The molecule has 0 fully saturated rings. The number of anilines is 1. The lowest BCUT2D eigenvalue weighted by atomic mass is 10.1. The predicted octanol–water partition coefficient (Wildman–Crippen LogP) is 5.48. The molecule has 2 rings (SSSR count). The zero-order valence-corrected chi connectivity index (χ0v) is 13.5.